The topological polar surface area (TPSA) is 6.48 Å². The van der Waals surface area contributed by atoms with Gasteiger partial charge in [0, 0.05) is 31.1 Å². The van der Waals surface area contributed by atoms with E-state index < -0.39 is 0 Å². The normalized spacial score (nSPS) is 15.2. The molecule has 2 aromatic rings. The molecule has 0 N–H and O–H groups in total. The van der Waals surface area contributed by atoms with E-state index in [-0.39, 0.29) is 0 Å². The van der Waals surface area contributed by atoms with Crippen LogP contribution >= 0.6 is 0 Å². The Bertz CT molecular complexity index is 800. The minimum Gasteiger partial charge on any atom is -0.355 e. The van der Waals surface area contributed by atoms with Crippen LogP contribution in [0.2, 0.25) is 0 Å². The van der Waals surface area contributed by atoms with E-state index in [9.17, 15) is 0 Å². The first-order valence-corrected chi connectivity index (χ1v) is 15.2. The third-order valence-electron chi connectivity index (χ3n) is 7.71. The van der Waals surface area contributed by atoms with Crippen LogP contribution in [-0.4, -0.2) is 17.6 Å². The lowest BCUT2D eigenvalue weighted by molar-refractivity contribution is 0.290. The summed E-state index contributed by atoms with van der Waals surface area (Å²) in [6, 6.07) is 21.8. The largest absolute Gasteiger partial charge is 0.355 e. The van der Waals surface area contributed by atoms with Gasteiger partial charge in [-0.2, -0.15) is 0 Å². The van der Waals surface area contributed by atoms with E-state index in [1.165, 1.54) is 114 Å². The van der Waals surface area contributed by atoms with E-state index in [1.807, 2.05) is 0 Å². The van der Waals surface area contributed by atoms with Crippen LogP contribution < -0.4 is 4.90 Å². The zero-order chi connectivity index (χ0) is 25.1. The average molecular weight is 489 g/mol. The van der Waals surface area contributed by atoms with Gasteiger partial charge in [-0.05, 0) is 24.1 Å². The fourth-order valence-corrected chi connectivity index (χ4v) is 5.48. The van der Waals surface area contributed by atoms with Gasteiger partial charge in [0.1, 0.15) is 6.17 Å². The lowest BCUT2D eigenvalue weighted by Crippen LogP contribution is -2.40. The molecule has 0 saturated heterocycles. The van der Waals surface area contributed by atoms with Crippen LogP contribution in [0.4, 0.5) is 5.69 Å². The predicted molar refractivity (Wildman–Crippen MR) is 158 cm³/mol. The highest BCUT2D eigenvalue weighted by Crippen LogP contribution is 2.27. The van der Waals surface area contributed by atoms with Gasteiger partial charge in [-0.1, -0.05) is 152 Å². The van der Waals surface area contributed by atoms with Crippen molar-refractivity contribution in [1.29, 1.82) is 0 Å². The van der Waals surface area contributed by atoms with E-state index in [2.05, 4.69) is 89.8 Å². The summed E-state index contributed by atoms with van der Waals surface area (Å²) in [7, 11) is 0. The van der Waals surface area contributed by atoms with Crippen LogP contribution in [0, 0.1) is 0 Å². The van der Waals surface area contributed by atoms with Crippen molar-refractivity contribution in [2.24, 2.45) is 0 Å². The lowest BCUT2D eigenvalue weighted by Gasteiger charge is -2.33. The Labute approximate surface area is 222 Å². The summed E-state index contributed by atoms with van der Waals surface area (Å²) in [5.41, 5.74) is 2.69. The molecule has 2 aromatic carbocycles. The second-order valence-electron chi connectivity index (χ2n) is 10.8. The Balaban J connectivity index is 1.25. The molecular formula is C34H52N2. The molecule has 36 heavy (non-hydrogen) atoms. The van der Waals surface area contributed by atoms with Gasteiger partial charge in [0.05, 0.1) is 0 Å². The van der Waals surface area contributed by atoms with Gasteiger partial charge in [0.25, 0.3) is 0 Å². The molecule has 1 aliphatic heterocycles. The van der Waals surface area contributed by atoms with Crippen LogP contribution in [0.5, 0.6) is 0 Å². The first kappa shape index (κ1) is 28.4. The molecule has 0 aliphatic carbocycles. The Morgan fingerprint density at radius 1 is 0.528 bits per heavy atom. The zero-order valence-electron chi connectivity index (χ0n) is 23.1. The standard InChI is InChI=1S/C34H52N2/c1-2-3-4-5-6-7-8-9-10-11-12-13-14-15-16-23-28-35-29-30-36(33-26-21-18-22-27-33)34(35)31-32-24-19-17-20-25-32/h17-22,24-27,29-30,34H,2-16,23,28,31H2,1H3. The molecule has 2 heteroatoms. The Kier molecular flexibility index (Phi) is 14.2. The lowest BCUT2D eigenvalue weighted by atomic mass is 10.0. The maximum absolute atomic E-state index is 2.56. The average Bonchev–Trinajstić information content (AvgIpc) is 3.31. The molecule has 0 spiro atoms. The monoisotopic (exact) mass is 488 g/mol. The van der Waals surface area contributed by atoms with Crippen molar-refractivity contribution in [1.82, 2.24) is 4.90 Å². The number of anilines is 1. The first-order valence-electron chi connectivity index (χ1n) is 15.2. The molecule has 0 amide bonds. The van der Waals surface area contributed by atoms with Gasteiger partial charge >= 0.3 is 0 Å². The maximum Gasteiger partial charge on any atom is 0.109 e. The van der Waals surface area contributed by atoms with Gasteiger partial charge in [-0.25, -0.2) is 0 Å². The fraction of sp³-hybridized carbons (Fsp3) is 0.588. The van der Waals surface area contributed by atoms with Gasteiger partial charge in [0.15, 0.2) is 0 Å². The number of rotatable bonds is 20. The molecule has 0 aromatic heterocycles. The second-order valence-corrected chi connectivity index (χ2v) is 10.8. The molecule has 1 aliphatic rings. The fourth-order valence-electron chi connectivity index (χ4n) is 5.48. The Morgan fingerprint density at radius 3 is 1.53 bits per heavy atom. The van der Waals surface area contributed by atoms with E-state index in [1.54, 1.807) is 0 Å². The highest BCUT2D eigenvalue weighted by atomic mass is 15.4. The summed E-state index contributed by atoms with van der Waals surface area (Å²) in [4.78, 5) is 5.00. The van der Waals surface area contributed by atoms with Crippen LogP contribution in [0.3, 0.4) is 0 Å². The molecule has 0 fully saturated rings. The van der Waals surface area contributed by atoms with E-state index >= 15 is 0 Å². The number of benzene rings is 2. The van der Waals surface area contributed by atoms with Crippen LogP contribution in [0.1, 0.15) is 115 Å². The zero-order valence-corrected chi connectivity index (χ0v) is 23.1. The van der Waals surface area contributed by atoms with Crippen LogP contribution in [-0.2, 0) is 6.42 Å². The quantitative estimate of drug-likeness (QED) is 0.171. The third kappa shape index (κ3) is 10.8. The summed E-state index contributed by atoms with van der Waals surface area (Å²) < 4.78 is 0. The second kappa shape index (κ2) is 18.1. The van der Waals surface area contributed by atoms with E-state index in [0.29, 0.717) is 6.17 Å². The van der Waals surface area contributed by atoms with Gasteiger partial charge in [0.2, 0.25) is 0 Å². The molecule has 2 nitrogen and oxygen atoms in total. The van der Waals surface area contributed by atoms with Crippen molar-refractivity contribution in [2.45, 2.75) is 122 Å². The molecule has 0 saturated carbocycles. The first-order chi connectivity index (χ1) is 17.9. The number of para-hydroxylation sites is 1. The smallest absolute Gasteiger partial charge is 0.109 e. The predicted octanol–water partition coefficient (Wildman–Crippen LogP) is 10.1. The molecule has 0 radical (unpaired) electrons. The minimum atomic E-state index is 0.367. The highest BCUT2D eigenvalue weighted by Gasteiger charge is 2.27. The molecule has 198 valence electrons. The van der Waals surface area contributed by atoms with Crippen molar-refractivity contribution in [3.05, 3.63) is 78.6 Å². The number of nitrogens with zero attached hydrogens (tertiary/aromatic N) is 2. The van der Waals surface area contributed by atoms with Crippen molar-refractivity contribution in [3.8, 4) is 0 Å². The maximum atomic E-state index is 2.56. The van der Waals surface area contributed by atoms with Crippen molar-refractivity contribution < 1.29 is 0 Å². The minimum absolute atomic E-state index is 0.367. The summed E-state index contributed by atoms with van der Waals surface area (Å²) in [5, 5.41) is 0. The molecule has 1 atom stereocenters. The van der Waals surface area contributed by atoms with Crippen molar-refractivity contribution in [3.63, 3.8) is 0 Å². The van der Waals surface area contributed by atoms with Crippen LogP contribution in [0.25, 0.3) is 0 Å². The number of hydrogen-bond acceptors (Lipinski definition) is 2. The van der Waals surface area contributed by atoms with Gasteiger partial charge in [-0.15, -0.1) is 0 Å². The summed E-state index contributed by atoms with van der Waals surface area (Å²) >= 11 is 0. The number of hydrogen-bond donors (Lipinski definition) is 0. The van der Waals surface area contributed by atoms with E-state index in [4.69, 9.17) is 0 Å². The van der Waals surface area contributed by atoms with Crippen molar-refractivity contribution in [2.75, 3.05) is 11.4 Å². The van der Waals surface area contributed by atoms with Crippen molar-refractivity contribution >= 4 is 5.69 Å². The summed E-state index contributed by atoms with van der Waals surface area (Å²) in [6.07, 6.45) is 28.8. The Hall–Kier alpha value is -2.22. The summed E-state index contributed by atoms with van der Waals surface area (Å²) in [5.74, 6) is 0. The van der Waals surface area contributed by atoms with Gasteiger partial charge in [-0.3, -0.25) is 0 Å². The third-order valence-corrected chi connectivity index (χ3v) is 7.71. The highest BCUT2D eigenvalue weighted by molar-refractivity contribution is 5.51. The molecular weight excluding hydrogens is 436 g/mol. The van der Waals surface area contributed by atoms with E-state index in [0.717, 1.165) is 13.0 Å². The number of unbranched alkanes of at least 4 members (excludes halogenated alkanes) is 15. The molecule has 1 unspecified atom stereocenters. The molecule has 1 heterocycles. The van der Waals surface area contributed by atoms with Crippen LogP contribution in [0.15, 0.2) is 73.1 Å². The molecule has 3 rings (SSSR count). The SMILES string of the molecule is CCCCCCCCCCCCCCCCCCN1C=CN(c2ccccc2)C1Cc1ccccc1. The van der Waals surface area contributed by atoms with Gasteiger partial charge < -0.3 is 9.80 Å². The Morgan fingerprint density at radius 2 is 1.00 bits per heavy atom. The summed E-state index contributed by atoms with van der Waals surface area (Å²) in [6.45, 7) is 3.45. The molecule has 0 bridgehead atoms.